The molecule has 0 aliphatic carbocycles. The number of anilines is 2. The van der Waals surface area contributed by atoms with Gasteiger partial charge in [0, 0.05) is 27.9 Å². The lowest BCUT2D eigenvalue weighted by Crippen LogP contribution is -2.51. The molecule has 3 aliphatic rings. The molecular weight excluding hydrogens is 504 g/mol. The minimum Gasteiger partial charge on any atom is -0.497 e. The maximum Gasteiger partial charge on any atom is 0.238 e. The summed E-state index contributed by atoms with van der Waals surface area (Å²) in [6.07, 6.45) is 3.93. The average molecular weight is 537 g/mol. The largest absolute Gasteiger partial charge is 0.497 e. The number of hydrogen-bond donors (Lipinski definition) is 1. The van der Waals surface area contributed by atoms with Gasteiger partial charge in [0.25, 0.3) is 0 Å². The quantitative estimate of drug-likeness (QED) is 0.446. The number of methoxy groups -OCH3 is 2. The van der Waals surface area contributed by atoms with Crippen LogP contribution in [0.25, 0.3) is 6.08 Å². The van der Waals surface area contributed by atoms with E-state index in [0.29, 0.717) is 22.7 Å². The number of carbonyl (C=O) groups excluding carboxylic acids is 3. The number of ether oxygens (including phenoxy) is 2. The lowest BCUT2D eigenvalue weighted by Gasteiger charge is -2.38. The molecule has 40 heavy (non-hydrogen) atoms. The van der Waals surface area contributed by atoms with Crippen LogP contribution in [0.2, 0.25) is 0 Å². The summed E-state index contributed by atoms with van der Waals surface area (Å²) in [5.41, 5.74) is 1.31. The maximum atomic E-state index is 14.8. The van der Waals surface area contributed by atoms with E-state index in [2.05, 4.69) is 5.32 Å². The van der Waals surface area contributed by atoms with Crippen molar-refractivity contribution in [3.63, 3.8) is 0 Å². The molecule has 7 heteroatoms. The van der Waals surface area contributed by atoms with Crippen LogP contribution >= 0.6 is 0 Å². The molecule has 1 amide bonds. The molecule has 4 atom stereocenters. The molecule has 3 aromatic carbocycles. The molecule has 1 fully saturated rings. The Bertz CT molecular complexity index is 1590. The van der Waals surface area contributed by atoms with E-state index < -0.39 is 28.8 Å². The van der Waals surface area contributed by atoms with Crippen LogP contribution < -0.4 is 19.7 Å². The Hall–Kier alpha value is -4.39. The number of rotatable bonds is 5. The van der Waals surface area contributed by atoms with Gasteiger partial charge in [-0.1, -0.05) is 63.3 Å². The van der Waals surface area contributed by atoms with Gasteiger partial charge in [-0.3, -0.25) is 14.4 Å². The van der Waals surface area contributed by atoms with Gasteiger partial charge in [-0.15, -0.1) is 0 Å². The zero-order valence-corrected chi connectivity index (χ0v) is 23.2. The van der Waals surface area contributed by atoms with Crippen LogP contribution in [0.3, 0.4) is 0 Å². The first-order valence-corrected chi connectivity index (χ1v) is 13.4. The van der Waals surface area contributed by atoms with Gasteiger partial charge in [-0.25, -0.2) is 0 Å². The smallest absolute Gasteiger partial charge is 0.238 e. The summed E-state index contributed by atoms with van der Waals surface area (Å²) in [6, 6.07) is 18.6. The summed E-state index contributed by atoms with van der Waals surface area (Å²) < 4.78 is 10.9. The van der Waals surface area contributed by atoms with E-state index in [4.69, 9.17) is 9.47 Å². The highest BCUT2D eigenvalue weighted by atomic mass is 16.5. The number of amides is 1. The highest BCUT2D eigenvalue weighted by Crippen LogP contribution is 2.58. The SMILES string of the molecule is COc1cccc(C(=O)[C@@H]2[C@H](C(=O)C(C)(C)C)N3c4ccc(OC)cc4C=C[C@H]3[C@@]23C(=O)Nc2ccccc23)c1. The summed E-state index contributed by atoms with van der Waals surface area (Å²) in [7, 11) is 3.15. The van der Waals surface area contributed by atoms with E-state index in [1.54, 1.807) is 38.5 Å². The van der Waals surface area contributed by atoms with Crippen molar-refractivity contribution in [2.75, 3.05) is 24.4 Å². The molecule has 204 valence electrons. The van der Waals surface area contributed by atoms with Crippen LogP contribution in [0, 0.1) is 11.3 Å². The zero-order valence-electron chi connectivity index (χ0n) is 23.2. The number of nitrogens with one attached hydrogen (secondary N) is 1. The van der Waals surface area contributed by atoms with Crippen LogP contribution in [0.5, 0.6) is 11.5 Å². The second kappa shape index (κ2) is 9.08. The van der Waals surface area contributed by atoms with Crippen LogP contribution in [0.15, 0.2) is 72.8 Å². The molecule has 0 saturated carbocycles. The Morgan fingerprint density at radius 3 is 2.38 bits per heavy atom. The van der Waals surface area contributed by atoms with Crippen molar-refractivity contribution in [3.8, 4) is 11.5 Å². The summed E-state index contributed by atoms with van der Waals surface area (Å²) >= 11 is 0. The van der Waals surface area contributed by atoms with Gasteiger partial charge in [0.15, 0.2) is 11.6 Å². The van der Waals surface area contributed by atoms with E-state index in [0.717, 1.165) is 16.8 Å². The Balaban J connectivity index is 1.67. The van der Waals surface area contributed by atoms with Gasteiger partial charge in [0.2, 0.25) is 5.91 Å². The van der Waals surface area contributed by atoms with Crippen molar-refractivity contribution in [1.29, 1.82) is 0 Å². The Kier molecular flexibility index (Phi) is 5.87. The Labute approximate surface area is 233 Å². The number of carbonyl (C=O) groups is 3. The molecule has 3 aromatic rings. The van der Waals surface area contributed by atoms with Crippen LogP contribution in [-0.4, -0.2) is 43.8 Å². The van der Waals surface area contributed by atoms with Crippen LogP contribution in [0.4, 0.5) is 11.4 Å². The molecule has 0 bridgehead atoms. The molecule has 0 unspecified atom stereocenters. The number of nitrogens with zero attached hydrogens (tertiary/aromatic N) is 1. The van der Waals surface area contributed by atoms with Crippen molar-refractivity contribution in [3.05, 3.63) is 89.5 Å². The number of Topliss-reactive ketones (excluding diaryl/α,β-unsaturated/α-hetero) is 2. The number of ketones is 2. The van der Waals surface area contributed by atoms with Gasteiger partial charge in [-0.2, -0.15) is 0 Å². The normalized spacial score (nSPS) is 24.3. The minimum atomic E-state index is -1.34. The third kappa shape index (κ3) is 3.53. The fraction of sp³-hybridized carbons (Fsp3) is 0.303. The molecule has 1 spiro atoms. The van der Waals surface area contributed by atoms with Gasteiger partial charge in [0.1, 0.15) is 23.0 Å². The number of para-hydroxylation sites is 1. The lowest BCUT2D eigenvalue weighted by molar-refractivity contribution is -0.128. The van der Waals surface area contributed by atoms with E-state index in [9.17, 15) is 14.4 Å². The lowest BCUT2D eigenvalue weighted by atomic mass is 9.63. The molecule has 3 aliphatic heterocycles. The first-order chi connectivity index (χ1) is 19.1. The fourth-order valence-corrected chi connectivity index (χ4v) is 6.68. The third-order valence-electron chi connectivity index (χ3n) is 8.48. The minimum absolute atomic E-state index is 0.107. The Morgan fingerprint density at radius 1 is 0.925 bits per heavy atom. The fourth-order valence-electron chi connectivity index (χ4n) is 6.68. The van der Waals surface area contributed by atoms with E-state index in [1.807, 2.05) is 80.3 Å². The number of hydrogen-bond acceptors (Lipinski definition) is 6. The van der Waals surface area contributed by atoms with Gasteiger partial charge < -0.3 is 19.7 Å². The molecule has 7 nitrogen and oxygen atoms in total. The van der Waals surface area contributed by atoms with Crippen LogP contribution in [0.1, 0.15) is 42.3 Å². The molecule has 0 aromatic heterocycles. The van der Waals surface area contributed by atoms with Crippen molar-refractivity contribution in [2.24, 2.45) is 11.3 Å². The molecular formula is C33H32N2O5. The molecule has 1 N–H and O–H groups in total. The second-order valence-corrected chi connectivity index (χ2v) is 11.6. The predicted octanol–water partition coefficient (Wildman–Crippen LogP) is 5.29. The molecule has 1 saturated heterocycles. The van der Waals surface area contributed by atoms with E-state index >= 15 is 0 Å². The topological polar surface area (TPSA) is 84.9 Å². The van der Waals surface area contributed by atoms with Crippen molar-refractivity contribution in [1.82, 2.24) is 0 Å². The Morgan fingerprint density at radius 2 is 1.65 bits per heavy atom. The van der Waals surface area contributed by atoms with Gasteiger partial charge in [0.05, 0.1) is 26.2 Å². The first kappa shape index (κ1) is 25.9. The first-order valence-electron chi connectivity index (χ1n) is 13.4. The average Bonchev–Trinajstić information content (AvgIpc) is 3.43. The monoisotopic (exact) mass is 536 g/mol. The molecule has 3 heterocycles. The summed E-state index contributed by atoms with van der Waals surface area (Å²) in [5.74, 6) is -0.449. The molecule has 6 rings (SSSR count). The summed E-state index contributed by atoms with van der Waals surface area (Å²) in [4.78, 5) is 45.6. The third-order valence-corrected chi connectivity index (χ3v) is 8.48. The van der Waals surface area contributed by atoms with Crippen molar-refractivity contribution in [2.45, 2.75) is 38.3 Å². The standard InChI is InChI=1S/C33H32N2O5/c1-32(2,3)30(37)28-27(29(36)20-9-8-10-21(18-20)39-4)33(23-11-6-7-12-24(23)34-31(33)38)26-16-13-19-17-22(40-5)14-15-25(19)35(26)28/h6-18,26-28H,1-5H3,(H,34,38)/t26-,27-,28+,33+/m0/s1. The summed E-state index contributed by atoms with van der Waals surface area (Å²) in [6.45, 7) is 5.58. The highest BCUT2D eigenvalue weighted by Gasteiger charge is 2.70. The number of benzene rings is 3. The van der Waals surface area contributed by atoms with Crippen molar-refractivity contribution < 1.29 is 23.9 Å². The zero-order chi connectivity index (χ0) is 28.4. The predicted molar refractivity (Wildman–Crippen MR) is 154 cm³/mol. The number of fused-ring (bicyclic) bond motifs is 6. The maximum absolute atomic E-state index is 14.8. The van der Waals surface area contributed by atoms with E-state index in [1.165, 1.54) is 0 Å². The second-order valence-electron chi connectivity index (χ2n) is 11.6. The van der Waals surface area contributed by atoms with E-state index in [-0.39, 0.29) is 17.5 Å². The van der Waals surface area contributed by atoms with Gasteiger partial charge in [-0.05, 0) is 42.0 Å². The van der Waals surface area contributed by atoms with Gasteiger partial charge >= 0.3 is 0 Å². The molecule has 0 radical (unpaired) electrons. The van der Waals surface area contributed by atoms with Crippen LogP contribution in [-0.2, 0) is 15.0 Å². The van der Waals surface area contributed by atoms with Crippen molar-refractivity contribution >= 4 is 34.9 Å². The highest BCUT2D eigenvalue weighted by molar-refractivity contribution is 6.17. The summed E-state index contributed by atoms with van der Waals surface area (Å²) in [5, 5.41) is 3.05.